The maximum Gasteiger partial charge on any atom is 0.0468 e. The molecular weight excluding hydrogens is 1200 g/mol. The molecular formula is C96H87N3. The van der Waals surface area contributed by atoms with E-state index in [1.807, 2.05) is 6.07 Å². The van der Waals surface area contributed by atoms with Crippen LogP contribution in [0.2, 0.25) is 0 Å². The van der Waals surface area contributed by atoms with E-state index in [-0.39, 0.29) is 0 Å². The van der Waals surface area contributed by atoms with Crippen molar-refractivity contribution in [3.05, 3.63) is 401 Å². The molecule has 0 amide bonds. The summed E-state index contributed by atoms with van der Waals surface area (Å²) in [5, 5.41) is 12.8. The topological polar surface area (TPSA) is 9.72 Å². The predicted molar refractivity (Wildman–Crippen MR) is 431 cm³/mol. The van der Waals surface area contributed by atoms with Gasteiger partial charge in [0.1, 0.15) is 0 Å². The van der Waals surface area contributed by atoms with E-state index in [4.69, 9.17) is 0 Å². The molecule has 0 atom stereocenters. The molecule has 99 heavy (non-hydrogen) atoms. The number of benzene rings is 16. The third-order valence-electron chi connectivity index (χ3n) is 18.0. The van der Waals surface area contributed by atoms with Crippen molar-refractivity contribution in [3.8, 4) is 0 Å². The molecule has 16 aromatic carbocycles. The lowest BCUT2D eigenvalue weighted by atomic mass is 10.0. The van der Waals surface area contributed by atoms with Gasteiger partial charge in [0.15, 0.2) is 0 Å². The van der Waals surface area contributed by atoms with Crippen LogP contribution < -0.4 is 14.7 Å². The van der Waals surface area contributed by atoms with E-state index >= 15 is 0 Å². The van der Waals surface area contributed by atoms with E-state index in [1.54, 1.807) is 0 Å². The Kier molecular flexibility index (Phi) is 21.3. The first kappa shape index (κ1) is 67.2. The van der Waals surface area contributed by atoms with Crippen LogP contribution in [0.15, 0.2) is 346 Å². The maximum atomic E-state index is 2.37. The number of aryl methyl sites for hydroxylation is 10. The van der Waals surface area contributed by atoms with Gasteiger partial charge in [0.25, 0.3) is 0 Å². The molecule has 3 heteroatoms. The van der Waals surface area contributed by atoms with Gasteiger partial charge in [-0.25, -0.2) is 0 Å². The summed E-state index contributed by atoms with van der Waals surface area (Å²) in [6.45, 7) is 21.3. The molecule has 0 fully saturated rings. The van der Waals surface area contributed by atoms with E-state index in [0.29, 0.717) is 0 Å². The van der Waals surface area contributed by atoms with Crippen LogP contribution in [-0.2, 0) is 0 Å². The average Bonchev–Trinajstić information content (AvgIpc) is 0.786. The van der Waals surface area contributed by atoms with Gasteiger partial charge >= 0.3 is 0 Å². The number of fused-ring (bicyclic) bond motifs is 5. The maximum absolute atomic E-state index is 2.37. The van der Waals surface area contributed by atoms with Crippen molar-refractivity contribution in [2.24, 2.45) is 0 Å². The van der Waals surface area contributed by atoms with E-state index in [2.05, 4.69) is 424 Å². The lowest BCUT2D eigenvalue weighted by Gasteiger charge is -2.26. The largest absolute Gasteiger partial charge is 0.311 e. The monoisotopic (exact) mass is 1280 g/mol. The molecule has 0 heterocycles. The van der Waals surface area contributed by atoms with Crippen LogP contribution in [0.1, 0.15) is 55.6 Å². The van der Waals surface area contributed by atoms with Gasteiger partial charge in [-0.05, 0) is 238 Å². The molecule has 0 aliphatic rings. The zero-order valence-corrected chi connectivity index (χ0v) is 58.8. The van der Waals surface area contributed by atoms with E-state index < -0.39 is 0 Å². The molecule has 0 radical (unpaired) electrons. The molecule has 0 N–H and O–H groups in total. The van der Waals surface area contributed by atoms with Crippen LogP contribution in [0.5, 0.6) is 0 Å². The van der Waals surface area contributed by atoms with Gasteiger partial charge in [0.05, 0.1) is 0 Å². The second-order valence-electron chi connectivity index (χ2n) is 26.3. The summed E-state index contributed by atoms with van der Waals surface area (Å²) in [7, 11) is 0. The highest BCUT2D eigenvalue weighted by atomic mass is 15.2. The van der Waals surface area contributed by atoms with Crippen molar-refractivity contribution >= 4 is 105 Å². The van der Waals surface area contributed by atoms with Crippen molar-refractivity contribution in [2.45, 2.75) is 69.2 Å². The Morgan fingerprint density at radius 3 is 0.788 bits per heavy atom. The molecule has 0 unspecified atom stereocenters. The second-order valence-corrected chi connectivity index (χ2v) is 26.3. The Morgan fingerprint density at radius 2 is 0.404 bits per heavy atom. The van der Waals surface area contributed by atoms with Gasteiger partial charge in [-0.3, -0.25) is 0 Å². The highest BCUT2D eigenvalue weighted by Gasteiger charge is 2.17. The highest BCUT2D eigenvalue weighted by Crippen LogP contribution is 2.41. The van der Waals surface area contributed by atoms with Crippen LogP contribution >= 0.6 is 0 Å². The standard InChI is InChI=1S/C32H25N.C24H21N.C20H19N.C12H12.C8H10/c1-22-7-9-25-12-15-31(20-28(25)17-22)33(30-14-11-24-5-3-4-6-27(24)19-30)32-16-13-26-10-8-23(2)18-29(26)21-32;1-18-7-12-22(13-8-18)25(23-14-9-19(2)10-15-23)24-16-11-20-5-3-4-6-21(20)17-24;1-16-8-12-19(13-9-16)21(18-6-4-3-5-7-18)20-14-10-17(2)11-15-20;1-9-7-10(2)12-6-4-3-5-11(12)8-9;1-7-4-3-5-8(2)6-7/h3-21H,1-2H3;3-17H,1-2H3;3-15H,1-2H3;3-8H,1-2H3;3-6H,1-2H3. The second kappa shape index (κ2) is 31.4. The molecule has 16 aromatic rings. The Morgan fingerprint density at radius 1 is 0.141 bits per heavy atom. The third kappa shape index (κ3) is 17.1. The molecule has 0 saturated carbocycles. The molecule has 3 nitrogen and oxygen atoms in total. The smallest absolute Gasteiger partial charge is 0.0468 e. The quantitative estimate of drug-likeness (QED) is 0.143. The molecule has 486 valence electrons. The Hall–Kier alpha value is -11.8. The summed E-state index contributed by atoms with van der Waals surface area (Å²) in [4.78, 5) is 6.96. The van der Waals surface area contributed by atoms with Crippen LogP contribution in [-0.4, -0.2) is 0 Å². The molecule has 0 aliphatic carbocycles. The van der Waals surface area contributed by atoms with E-state index in [1.165, 1.54) is 144 Å². The average molecular weight is 1280 g/mol. The van der Waals surface area contributed by atoms with Crippen molar-refractivity contribution in [1.82, 2.24) is 0 Å². The van der Waals surface area contributed by atoms with Crippen LogP contribution in [0.4, 0.5) is 51.2 Å². The first-order valence-corrected chi connectivity index (χ1v) is 34.3. The summed E-state index contributed by atoms with van der Waals surface area (Å²) in [5.41, 5.74) is 23.5. The molecule has 0 bridgehead atoms. The lowest BCUT2D eigenvalue weighted by Crippen LogP contribution is -2.10. The third-order valence-corrected chi connectivity index (χ3v) is 18.0. The van der Waals surface area contributed by atoms with Crippen molar-refractivity contribution < 1.29 is 0 Å². The Balaban J connectivity index is 0.000000126. The molecule has 16 rings (SSSR count). The van der Waals surface area contributed by atoms with Gasteiger partial charge in [-0.2, -0.15) is 0 Å². The first-order chi connectivity index (χ1) is 48.1. The Labute approximate surface area is 586 Å². The Bertz CT molecular complexity index is 5170. The fraction of sp³-hybridized carbons (Fsp3) is 0.104. The van der Waals surface area contributed by atoms with Crippen LogP contribution in [0.25, 0.3) is 53.9 Å². The summed E-state index contributed by atoms with van der Waals surface area (Å²) in [5.74, 6) is 0. The van der Waals surface area contributed by atoms with Gasteiger partial charge in [0.2, 0.25) is 0 Å². The zero-order chi connectivity index (χ0) is 68.8. The number of hydrogen-bond acceptors (Lipinski definition) is 3. The van der Waals surface area contributed by atoms with Crippen molar-refractivity contribution in [1.29, 1.82) is 0 Å². The summed E-state index contributed by atoms with van der Waals surface area (Å²) in [6.07, 6.45) is 0. The SMILES string of the molecule is Cc1cc(C)c2ccccc2c1.Cc1ccc(N(c2ccc(C)cc2)c2ccc3ccccc3c2)cc1.Cc1ccc(N(c2ccccc2)c2ccc(C)cc2)cc1.Cc1ccc2ccc(N(c3ccc4ccccc4c3)c3ccc4ccc(C)cc4c3)cc2c1.Cc1cccc(C)c1. The van der Waals surface area contributed by atoms with E-state index in [0.717, 1.165) is 17.1 Å². The minimum atomic E-state index is 1.16. The fourth-order valence-electron chi connectivity index (χ4n) is 12.8. The van der Waals surface area contributed by atoms with Crippen LogP contribution in [0.3, 0.4) is 0 Å². The number of nitrogens with zero attached hydrogens (tertiary/aromatic N) is 3. The van der Waals surface area contributed by atoms with Gasteiger partial charge in [-0.1, -0.05) is 287 Å². The van der Waals surface area contributed by atoms with E-state index in [9.17, 15) is 0 Å². The predicted octanol–water partition coefficient (Wildman–Crippen LogP) is 27.7. The normalized spacial score (nSPS) is 10.7. The molecule has 0 aromatic heterocycles. The minimum absolute atomic E-state index is 1.16. The molecule has 0 aliphatic heterocycles. The fourth-order valence-corrected chi connectivity index (χ4v) is 12.8. The number of hydrogen-bond donors (Lipinski definition) is 0. The number of anilines is 9. The first-order valence-electron chi connectivity index (χ1n) is 34.3. The number of rotatable bonds is 9. The van der Waals surface area contributed by atoms with Crippen LogP contribution in [0, 0.1) is 69.2 Å². The van der Waals surface area contributed by atoms with Gasteiger partial charge in [-0.15, -0.1) is 0 Å². The van der Waals surface area contributed by atoms with Gasteiger partial charge < -0.3 is 14.7 Å². The summed E-state index contributed by atoms with van der Waals surface area (Å²) >= 11 is 0. The summed E-state index contributed by atoms with van der Waals surface area (Å²) in [6, 6.07) is 124. The van der Waals surface area contributed by atoms with Crippen molar-refractivity contribution in [3.63, 3.8) is 0 Å². The summed E-state index contributed by atoms with van der Waals surface area (Å²) < 4.78 is 0. The zero-order valence-electron chi connectivity index (χ0n) is 58.8. The van der Waals surface area contributed by atoms with Crippen molar-refractivity contribution in [2.75, 3.05) is 14.7 Å². The molecule has 0 saturated heterocycles. The lowest BCUT2D eigenvalue weighted by molar-refractivity contribution is 1.27. The van der Waals surface area contributed by atoms with Gasteiger partial charge in [0, 0.05) is 51.2 Å². The highest BCUT2D eigenvalue weighted by molar-refractivity contribution is 5.96. The molecule has 0 spiro atoms. The minimum Gasteiger partial charge on any atom is -0.311 e. The number of para-hydroxylation sites is 1.